The highest BCUT2D eigenvalue weighted by atomic mass is 16.5. The number of hydrogen-bond acceptors (Lipinski definition) is 3. The van der Waals surface area contributed by atoms with Crippen LogP contribution in [0.4, 0.5) is 4.79 Å². The van der Waals surface area contributed by atoms with Gasteiger partial charge in [0.1, 0.15) is 6.04 Å². The molecule has 2 amide bonds. The Morgan fingerprint density at radius 2 is 2.05 bits per heavy atom. The van der Waals surface area contributed by atoms with Crippen molar-refractivity contribution in [2.75, 3.05) is 26.3 Å². The molecule has 0 bridgehead atoms. The highest BCUT2D eigenvalue weighted by Gasteiger charge is 2.36. The molecule has 0 aromatic heterocycles. The van der Waals surface area contributed by atoms with Crippen molar-refractivity contribution < 1.29 is 19.4 Å². The maximum absolute atomic E-state index is 12.3. The molecule has 6 nitrogen and oxygen atoms in total. The van der Waals surface area contributed by atoms with Crippen LogP contribution < -0.4 is 5.32 Å². The number of nitrogens with one attached hydrogen (secondary N) is 1. The second kappa shape index (κ2) is 6.64. The van der Waals surface area contributed by atoms with Crippen LogP contribution in [-0.4, -0.2) is 54.4 Å². The summed E-state index contributed by atoms with van der Waals surface area (Å²) in [7, 11) is 0. The minimum absolute atomic E-state index is 0.0513. The molecule has 6 heteroatoms. The Hall–Kier alpha value is -1.30. The van der Waals surface area contributed by atoms with Crippen LogP contribution in [0.3, 0.4) is 0 Å². The molecular formula is C15H26N2O4. The number of nitrogens with zero attached hydrogens (tertiary/aromatic N) is 1. The van der Waals surface area contributed by atoms with Crippen molar-refractivity contribution in [2.45, 2.75) is 45.6 Å². The van der Waals surface area contributed by atoms with Crippen LogP contribution in [0, 0.1) is 11.3 Å². The van der Waals surface area contributed by atoms with Gasteiger partial charge in [-0.05, 0) is 37.0 Å². The highest BCUT2D eigenvalue weighted by molar-refractivity contribution is 5.82. The summed E-state index contributed by atoms with van der Waals surface area (Å²) in [4.78, 5) is 25.1. The number of piperidine rings is 1. The zero-order valence-electron chi connectivity index (χ0n) is 12.9. The fourth-order valence-electron chi connectivity index (χ4n) is 3.05. The van der Waals surface area contributed by atoms with E-state index in [9.17, 15) is 14.7 Å². The van der Waals surface area contributed by atoms with E-state index in [2.05, 4.69) is 12.2 Å². The second-order valence-corrected chi connectivity index (χ2v) is 6.76. The fourth-order valence-corrected chi connectivity index (χ4v) is 3.05. The minimum Gasteiger partial charge on any atom is -0.480 e. The maximum atomic E-state index is 12.3. The molecule has 0 aliphatic carbocycles. The van der Waals surface area contributed by atoms with Crippen LogP contribution in [0.2, 0.25) is 0 Å². The molecular weight excluding hydrogens is 272 g/mol. The van der Waals surface area contributed by atoms with Crippen LogP contribution >= 0.6 is 0 Å². The molecule has 2 rings (SSSR count). The normalized spacial score (nSPS) is 29.0. The molecule has 2 N–H and O–H groups in total. The third kappa shape index (κ3) is 4.09. The lowest BCUT2D eigenvalue weighted by Crippen LogP contribution is -2.54. The zero-order chi connectivity index (χ0) is 15.5. The second-order valence-electron chi connectivity index (χ2n) is 6.76. The molecule has 2 heterocycles. The summed E-state index contributed by atoms with van der Waals surface area (Å²) in [5.74, 6) is -0.558. The fraction of sp³-hybridized carbons (Fsp3) is 0.867. The predicted octanol–water partition coefficient (Wildman–Crippen LogP) is 1.70. The summed E-state index contributed by atoms with van der Waals surface area (Å²) in [6.07, 6.45) is 3.25. The van der Waals surface area contributed by atoms with Crippen LogP contribution in [-0.2, 0) is 9.53 Å². The summed E-state index contributed by atoms with van der Waals surface area (Å²) in [6.45, 7) is 6.73. The number of amides is 2. The molecule has 21 heavy (non-hydrogen) atoms. The van der Waals surface area contributed by atoms with Crippen molar-refractivity contribution in [3.8, 4) is 0 Å². The van der Waals surface area contributed by atoms with E-state index in [1.54, 1.807) is 0 Å². The largest absolute Gasteiger partial charge is 0.480 e. The quantitative estimate of drug-likeness (QED) is 0.831. The van der Waals surface area contributed by atoms with E-state index in [0.29, 0.717) is 25.4 Å². The maximum Gasteiger partial charge on any atom is 0.326 e. The third-order valence-corrected chi connectivity index (χ3v) is 4.78. The molecule has 0 radical (unpaired) electrons. The van der Waals surface area contributed by atoms with Crippen LogP contribution in [0.25, 0.3) is 0 Å². The number of carbonyl (C=O) groups excluding carboxylic acids is 1. The number of carboxylic acid groups (broad SMARTS) is 1. The molecule has 2 aliphatic rings. The number of aliphatic carboxylic acids is 1. The summed E-state index contributed by atoms with van der Waals surface area (Å²) < 4.78 is 5.35. The van der Waals surface area contributed by atoms with E-state index in [0.717, 1.165) is 32.5 Å². The number of rotatable bonds is 3. The van der Waals surface area contributed by atoms with Gasteiger partial charge in [0, 0.05) is 26.3 Å². The van der Waals surface area contributed by atoms with Gasteiger partial charge in [0.15, 0.2) is 0 Å². The van der Waals surface area contributed by atoms with Gasteiger partial charge in [-0.25, -0.2) is 9.59 Å². The van der Waals surface area contributed by atoms with Crippen molar-refractivity contribution in [3.05, 3.63) is 0 Å². The van der Waals surface area contributed by atoms with Gasteiger partial charge in [0.2, 0.25) is 0 Å². The topological polar surface area (TPSA) is 78.9 Å². The van der Waals surface area contributed by atoms with E-state index >= 15 is 0 Å². The van der Waals surface area contributed by atoms with Gasteiger partial charge in [-0.1, -0.05) is 13.8 Å². The Morgan fingerprint density at radius 1 is 1.38 bits per heavy atom. The van der Waals surface area contributed by atoms with Gasteiger partial charge >= 0.3 is 12.0 Å². The zero-order valence-corrected chi connectivity index (χ0v) is 12.9. The van der Waals surface area contributed by atoms with E-state index in [-0.39, 0.29) is 11.4 Å². The molecule has 2 atom stereocenters. The van der Waals surface area contributed by atoms with Crippen LogP contribution in [0.5, 0.6) is 0 Å². The number of hydrogen-bond donors (Lipinski definition) is 2. The van der Waals surface area contributed by atoms with Crippen molar-refractivity contribution in [2.24, 2.45) is 11.3 Å². The third-order valence-electron chi connectivity index (χ3n) is 4.78. The Kier molecular flexibility index (Phi) is 5.08. The first-order valence-electron chi connectivity index (χ1n) is 7.76. The minimum atomic E-state index is -0.908. The molecule has 0 aromatic rings. The Morgan fingerprint density at radius 3 is 2.67 bits per heavy atom. The van der Waals surface area contributed by atoms with Crippen molar-refractivity contribution >= 4 is 12.0 Å². The molecule has 0 spiro atoms. The lowest BCUT2D eigenvalue weighted by atomic mass is 9.82. The van der Waals surface area contributed by atoms with Crippen molar-refractivity contribution in [1.82, 2.24) is 10.2 Å². The molecule has 0 saturated carbocycles. The van der Waals surface area contributed by atoms with Gasteiger partial charge < -0.3 is 20.1 Å². The van der Waals surface area contributed by atoms with Gasteiger partial charge in [-0.15, -0.1) is 0 Å². The lowest BCUT2D eigenvalue weighted by molar-refractivity contribution is -0.143. The summed E-state index contributed by atoms with van der Waals surface area (Å²) in [6, 6.07) is -0.946. The van der Waals surface area contributed by atoms with E-state index < -0.39 is 12.0 Å². The molecule has 0 aromatic carbocycles. The van der Waals surface area contributed by atoms with Crippen LogP contribution in [0.15, 0.2) is 0 Å². The lowest BCUT2D eigenvalue weighted by Gasteiger charge is -2.38. The molecule has 120 valence electrons. The molecule has 2 saturated heterocycles. The van der Waals surface area contributed by atoms with E-state index in [4.69, 9.17) is 4.74 Å². The molecule has 2 fully saturated rings. The van der Waals surface area contributed by atoms with Crippen LogP contribution in [0.1, 0.15) is 39.5 Å². The summed E-state index contributed by atoms with van der Waals surface area (Å²) in [5, 5.41) is 12.2. The number of likely N-dealkylation sites (tertiary alicyclic amines) is 1. The number of urea groups is 1. The number of carbonyl (C=O) groups is 2. The van der Waals surface area contributed by atoms with E-state index in [1.165, 1.54) is 4.90 Å². The SMILES string of the molecule is CC1CCN(C(=O)NCC2(C)CCOCC2)C(C(=O)O)C1. The average molecular weight is 298 g/mol. The summed E-state index contributed by atoms with van der Waals surface area (Å²) >= 11 is 0. The Bertz CT molecular complexity index is 393. The molecule has 2 aliphatic heterocycles. The average Bonchev–Trinajstić information content (AvgIpc) is 2.45. The Labute approximate surface area is 125 Å². The van der Waals surface area contributed by atoms with Gasteiger partial charge in [-0.2, -0.15) is 0 Å². The van der Waals surface area contributed by atoms with E-state index in [1.807, 2.05) is 6.92 Å². The number of carboxylic acids is 1. The van der Waals surface area contributed by atoms with Gasteiger partial charge in [-0.3, -0.25) is 0 Å². The van der Waals surface area contributed by atoms with Gasteiger partial charge in [0.25, 0.3) is 0 Å². The van der Waals surface area contributed by atoms with Crippen molar-refractivity contribution in [1.29, 1.82) is 0 Å². The van der Waals surface area contributed by atoms with Gasteiger partial charge in [0.05, 0.1) is 0 Å². The van der Waals surface area contributed by atoms with Crippen molar-refractivity contribution in [3.63, 3.8) is 0 Å². The first kappa shape index (κ1) is 16.1. The smallest absolute Gasteiger partial charge is 0.326 e. The highest BCUT2D eigenvalue weighted by Crippen LogP contribution is 2.29. The first-order chi connectivity index (χ1) is 9.91. The standard InChI is InChI=1S/C15H26N2O4/c1-11-3-6-17(12(9-11)13(18)19)14(20)16-10-15(2)4-7-21-8-5-15/h11-12H,3-10H2,1-2H3,(H,16,20)(H,18,19). The Balaban J connectivity index is 1.90. The predicted molar refractivity (Wildman–Crippen MR) is 78.1 cm³/mol. The monoisotopic (exact) mass is 298 g/mol. The number of ether oxygens (including phenoxy) is 1. The molecule has 2 unspecified atom stereocenters. The summed E-state index contributed by atoms with van der Waals surface area (Å²) in [5.41, 5.74) is 0.0513. The first-order valence-corrected chi connectivity index (χ1v) is 7.76.